The molecule has 0 amide bonds. The number of benzene rings is 1. The molecule has 1 aromatic carbocycles. The average molecular weight is 247 g/mol. The second kappa shape index (κ2) is 7.58. The molecule has 0 aliphatic rings. The summed E-state index contributed by atoms with van der Waals surface area (Å²) in [6.45, 7) is 9.08. The third-order valence-electron chi connectivity index (χ3n) is 4.08. The summed E-state index contributed by atoms with van der Waals surface area (Å²) >= 11 is 0. The van der Waals surface area contributed by atoms with Gasteiger partial charge in [-0.25, -0.2) is 0 Å². The monoisotopic (exact) mass is 247 g/mol. The molecule has 0 heterocycles. The van der Waals surface area contributed by atoms with Crippen molar-refractivity contribution in [3.8, 4) is 0 Å². The molecule has 1 aromatic rings. The van der Waals surface area contributed by atoms with Crippen molar-refractivity contribution < 1.29 is 0 Å². The standard InChI is InChI=1S/C17H29N/c1-6-14(7-2)12-17(18-5)16-10-8-15(9-11-16)13(3)4/h8-11,13-14,17-18H,6-7,12H2,1-5H3. The third-order valence-corrected chi connectivity index (χ3v) is 4.08. The molecule has 1 atom stereocenters. The highest BCUT2D eigenvalue weighted by atomic mass is 14.9. The molecule has 0 bridgehead atoms. The Balaban J connectivity index is 2.75. The smallest absolute Gasteiger partial charge is 0.0320 e. The molecule has 1 heteroatoms. The van der Waals surface area contributed by atoms with Gasteiger partial charge >= 0.3 is 0 Å². The maximum absolute atomic E-state index is 3.47. The fourth-order valence-corrected chi connectivity index (χ4v) is 2.49. The first-order valence-electron chi connectivity index (χ1n) is 7.39. The molecular weight excluding hydrogens is 218 g/mol. The normalized spacial score (nSPS) is 13.3. The van der Waals surface area contributed by atoms with Gasteiger partial charge in [-0.05, 0) is 36.4 Å². The number of nitrogens with one attached hydrogen (secondary N) is 1. The minimum Gasteiger partial charge on any atom is -0.313 e. The molecule has 1 N–H and O–H groups in total. The van der Waals surface area contributed by atoms with Gasteiger partial charge < -0.3 is 5.32 Å². The van der Waals surface area contributed by atoms with Gasteiger partial charge in [0.15, 0.2) is 0 Å². The topological polar surface area (TPSA) is 12.0 Å². The Morgan fingerprint density at radius 2 is 1.44 bits per heavy atom. The van der Waals surface area contributed by atoms with E-state index in [1.54, 1.807) is 0 Å². The van der Waals surface area contributed by atoms with Crippen molar-refractivity contribution in [2.75, 3.05) is 7.05 Å². The summed E-state index contributed by atoms with van der Waals surface area (Å²) in [5, 5.41) is 3.47. The summed E-state index contributed by atoms with van der Waals surface area (Å²) in [6.07, 6.45) is 3.79. The highest BCUT2D eigenvalue weighted by Gasteiger charge is 2.14. The van der Waals surface area contributed by atoms with E-state index in [4.69, 9.17) is 0 Å². The minimum atomic E-state index is 0.496. The Morgan fingerprint density at radius 3 is 1.83 bits per heavy atom. The van der Waals surface area contributed by atoms with Crippen LogP contribution < -0.4 is 5.32 Å². The lowest BCUT2D eigenvalue weighted by Gasteiger charge is -2.22. The van der Waals surface area contributed by atoms with Crippen LogP contribution >= 0.6 is 0 Å². The molecule has 0 aliphatic heterocycles. The van der Waals surface area contributed by atoms with Crippen molar-refractivity contribution in [2.24, 2.45) is 5.92 Å². The molecule has 18 heavy (non-hydrogen) atoms. The Labute approximate surface area is 113 Å². The van der Waals surface area contributed by atoms with Crippen molar-refractivity contribution in [1.29, 1.82) is 0 Å². The van der Waals surface area contributed by atoms with E-state index >= 15 is 0 Å². The van der Waals surface area contributed by atoms with Gasteiger partial charge in [0, 0.05) is 6.04 Å². The van der Waals surface area contributed by atoms with E-state index in [1.807, 2.05) is 0 Å². The second-order valence-electron chi connectivity index (χ2n) is 5.58. The van der Waals surface area contributed by atoms with Crippen LogP contribution in [0, 0.1) is 5.92 Å². The Hall–Kier alpha value is -0.820. The number of hydrogen-bond donors (Lipinski definition) is 1. The molecule has 1 unspecified atom stereocenters. The van der Waals surface area contributed by atoms with Crippen LogP contribution in [-0.4, -0.2) is 7.05 Å². The zero-order chi connectivity index (χ0) is 13.5. The Bertz CT molecular complexity index is 322. The van der Waals surface area contributed by atoms with E-state index in [1.165, 1.54) is 30.4 Å². The maximum Gasteiger partial charge on any atom is 0.0320 e. The lowest BCUT2D eigenvalue weighted by Crippen LogP contribution is -2.19. The first kappa shape index (κ1) is 15.2. The molecule has 0 fully saturated rings. The summed E-state index contributed by atoms with van der Waals surface area (Å²) in [5.41, 5.74) is 2.85. The average Bonchev–Trinajstić information content (AvgIpc) is 2.40. The fraction of sp³-hybridized carbons (Fsp3) is 0.647. The van der Waals surface area contributed by atoms with Gasteiger partial charge in [0.05, 0.1) is 0 Å². The van der Waals surface area contributed by atoms with Crippen molar-refractivity contribution >= 4 is 0 Å². The van der Waals surface area contributed by atoms with Crippen molar-refractivity contribution in [1.82, 2.24) is 5.32 Å². The van der Waals surface area contributed by atoms with E-state index < -0.39 is 0 Å². The number of rotatable bonds is 7. The first-order valence-corrected chi connectivity index (χ1v) is 7.39. The van der Waals surface area contributed by atoms with Gasteiger partial charge in [-0.3, -0.25) is 0 Å². The molecule has 102 valence electrons. The number of hydrogen-bond acceptors (Lipinski definition) is 1. The van der Waals surface area contributed by atoms with Crippen LogP contribution in [0.1, 0.15) is 70.0 Å². The first-order chi connectivity index (χ1) is 8.62. The molecule has 1 rings (SSSR count). The Morgan fingerprint density at radius 1 is 0.944 bits per heavy atom. The Kier molecular flexibility index (Phi) is 6.42. The molecule has 0 saturated carbocycles. The van der Waals surface area contributed by atoms with Crippen LogP contribution in [0.4, 0.5) is 0 Å². The summed E-state index contributed by atoms with van der Waals surface area (Å²) < 4.78 is 0. The minimum absolute atomic E-state index is 0.496. The van der Waals surface area contributed by atoms with Gasteiger partial charge in [0.2, 0.25) is 0 Å². The lowest BCUT2D eigenvalue weighted by molar-refractivity contribution is 0.385. The highest BCUT2D eigenvalue weighted by Crippen LogP contribution is 2.26. The van der Waals surface area contributed by atoms with Gasteiger partial charge in [-0.1, -0.05) is 64.8 Å². The van der Waals surface area contributed by atoms with E-state index in [2.05, 4.69) is 64.3 Å². The zero-order valence-corrected chi connectivity index (χ0v) is 12.7. The van der Waals surface area contributed by atoms with Crippen LogP contribution in [0.3, 0.4) is 0 Å². The lowest BCUT2D eigenvalue weighted by atomic mass is 9.90. The molecule has 0 aliphatic carbocycles. The van der Waals surface area contributed by atoms with Crippen molar-refractivity contribution in [3.05, 3.63) is 35.4 Å². The molecule has 1 nitrogen and oxygen atoms in total. The molecule has 0 spiro atoms. The van der Waals surface area contributed by atoms with Crippen LogP contribution in [0.15, 0.2) is 24.3 Å². The summed E-state index contributed by atoms with van der Waals surface area (Å²) in [7, 11) is 2.07. The fourth-order valence-electron chi connectivity index (χ4n) is 2.49. The summed E-state index contributed by atoms with van der Waals surface area (Å²) in [5.74, 6) is 1.44. The maximum atomic E-state index is 3.47. The summed E-state index contributed by atoms with van der Waals surface area (Å²) in [4.78, 5) is 0. The van der Waals surface area contributed by atoms with Crippen molar-refractivity contribution in [2.45, 2.75) is 58.9 Å². The predicted molar refractivity (Wildman–Crippen MR) is 81.0 cm³/mol. The largest absolute Gasteiger partial charge is 0.313 e. The molecule has 0 aromatic heterocycles. The van der Waals surface area contributed by atoms with Gasteiger partial charge in [0.25, 0.3) is 0 Å². The molecule has 0 saturated heterocycles. The summed E-state index contributed by atoms with van der Waals surface area (Å²) in [6, 6.07) is 9.63. The second-order valence-corrected chi connectivity index (χ2v) is 5.58. The van der Waals surface area contributed by atoms with E-state index in [-0.39, 0.29) is 0 Å². The highest BCUT2D eigenvalue weighted by molar-refractivity contribution is 5.26. The van der Waals surface area contributed by atoms with Crippen LogP contribution in [0.25, 0.3) is 0 Å². The molecule has 0 radical (unpaired) electrons. The SMILES string of the molecule is CCC(CC)CC(NC)c1ccc(C(C)C)cc1. The van der Waals surface area contributed by atoms with Gasteiger partial charge in [-0.15, -0.1) is 0 Å². The van der Waals surface area contributed by atoms with Gasteiger partial charge in [0.1, 0.15) is 0 Å². The van der Waals surface area contributed by atoms with Crippen LogP contribution in [-0.2, 0) is 0 Å². The van der Waals surface area contributed by atoms with E-state index in [9.17, 15) is 0 Å². The predicted octanol–water partition coefficient (Wildman–Crippen LogP) is 4.90. The van der Waals surface area contributed by atoms with Crippen molar-refractivity contribution in [3.63, 3.8) is 0 Å². The molecular formula is C17H29N. The van der Waals surface area contributed by atoms with Crippen LogP contribution in [0.5, 0.6) is 0 Å². The van der Waals surface area contributed by atoms with E-state index in [0.29, 0.717) is 12.0 Å². The zero-order valence-electron chi connectivity index (χ0n) is 12.7. The quantitative estimate of drug-likeness (QED) is 0.723. The van der Waals surface area contributed by atoms with Crippen LogP contribution in [0.2, 0.25) is 0 Å². The van der Waals surface area contributed by atoms with Gasteiger partial charge in [-0.2, -0.15) is 0 Å². The third kappa shape index (κ3) is 4.13. The van der Waals surface area contributed by atoms with E-state index in [0.717, 1.165) is 5.92 Å².